The molecule has 0 aromatic carbocycles. The molecule has 0 aromatic heterocycles. The van der Waals surface area contributed by atoms with Crippen molar-refractivity contribution in [2.75, 3.05) is 12.0 Å². The molecule has 1 aliphatic heterocycles. The van der Waals surface area contributed by atoms with Crippen LogP contribution in [0, 0.1) is 0 Å². The molecule has 1 saturated heterocycles. The molecule has 13 heavy (non-hydrogen) atoms. The van der Waals surface area contributed by atoms with Gasteiger partial charge in [0.25, 0.3) is 5.91 Å². The predicted molar refractivity (Wildman–Crippen MR) is 54.7 cm³/mol. The van der Waals surface area contributed by atoms with Gasteiger partial charge >= 0.3 is 0 Å². The first kappa shape index (κ1) is 10.9. The third-order valence-corrected chi connectivity index (χ3v) is 2.99. The summed E-state index contributed by atoms with van der Waals surface area (Å²) in [6, 6.07) is 0. The van der Waals surface area contributed by atoms with E-state index in [1.165, 1.54) is 0 Å². The summed E-state index contributed by atoms with van der Waals surface area (Å²) >= 11 is 1.74. The van der Waals surface area contributed by atoms with Crippen molar-refractivity contribution in [2.24, 2.45) is 0 Å². The molecule has 1 N–H and O–H groups in total. The van der Waals surface area contributed by atoms with E-state index in [-0.39, 0.29) is 12.0 Å². The van der Waals surface area contributed by atoms with Crippen molar-refractivity contribution in [2.45, 2.75) is 38.5 Å². The van der Waals surface area contributed by atoms with Gasteiger partial charge in [0.2, 0.25) is 0 Å². The molecule has 0 bridgehead atoms. The van der Waals surface area contributed by atoms with E-state index in [1.807, 2.05) is 20.1 Å². The van der Waals surface area contributed by atoms with E-state index < -0.39 is 5.72 Å². The van der Waals surface area contributed by atoms with Crippen LogP contribution in [0.3, 0.4) is 0 Å². The maximum Gasteiger partial charge on any atom is 0.251 e. The molecular formula is C9H17NO2S. The summed E-state index contributed by atoms with van der Waals surface area (Å²) < 4.78 is 5.64. The van der Waals surface area contributed by atoms with Crippen LogP contribution >= 0.6 is 11.8 Å². The number of ether oxygens (including phenoxy) is 1. The van der Waals surface area contributed by atoms with Gasteiger partial charge in [0.15, 0.2) is 0 Å². The molecule has 1 amide bonds. The second-order valence-corrected chi connectivity index (χ2v) is 4.45. The van der Waals surface area contributed by atoms with Crippen LogP contribution in [-0.4, -0.2) is 29.7 Å². The van der Waals surface area contributed by atoms with Crippen molar-refractivity contribution in [1.29, 1.82) is 0 Å². The molecule has 1 fully saturated rings. The number of carbonyl (C=O) groups is 1. The molecule has 0 spiro atoms. The zero-order chi connectivity index (χ0) is 9.90. The van der Waals surface area contributed by atoms with Crippen molar-refractivity contribution < 1.29 is 9.53 Å². The zero-order valence-electron chi connectivity index (χ0n) is 8.42. The number of amides is 1. The molecule has 3 nitrogen and oxygen atoms in total. The Bertz CT molecular complexity index is 198. The molecule has 0 saturated carbocycles. The van der Waals surface area contributed by atoms with Crippen LogP contribution in [-0.2, 0) is 9.53 Å². The monoisotopic (exact) mass is 203 g/mol. The average molecular weight is 203 g/mol. The normalized spacial score (nSPS) is 33.5. The number of rotatable bonds is 4. The molecule has 4 heteroatoms. The molecule has 1 rings (SSSR count). The molecule has 76 valence electrons. The molecule has 2 unspecified atom stereocenters. The minimum atomic E-state index is -0.430. The lowest BCUT2D eigenvalue weighted by Gasteiger charge is -2.21. The molecule has 0 aromatic rings. The van der Waals surface area contributed by atoms with Crippen LogP contribution in [0.5, 0.6) is 0 Å². The number of carbonyl (C=O) groups excluding carboxylic acids is 1. The van der Waals surface area contributed by atoms with E-state index in [4.69, 9.17) is 4.74 Å². The number of thioether (sulfide) groups is 1. The summed E-state index contributed by atoms with van der Waals surface area (Å²) in [5, 5.41) is 2.87. The standard InChI is InChI=1S/C9H17NO2S/c1-4-9(2)10-8(11)7(12-9)5-6-13-3/h7H,4-6H2,1-3H3,(H,10,11). The van der Waals surface area contributed by atoms with Gasteiger partial charge in [-0.15, -0.1) is 0 Å². The van der Waals surface area contributed by atoms with E-state index in [9.17, 15) is 4.79 Å². The summed E-state index contributed by atoms with van der Waals surface area (Å²) in [5.41, 5.74) is -0.430. The summed E-state index contributed by atoms with van der Waals surface area (Å²) in [6.45, 7) is 3.93. The minimum Gasteiger partial charge on any atom is -0.343 e. The Morgan fingerprint density at radius 2 is 2.38 bits per heavy atom. The van der Waals surface area contributed by atoms with E-state index >= 15 is 0 Å². The quantitative estimate of drug-likeness (QED) is 0.750. The van der Waals surface area contributed by atoms with E-state index in [0.717, 1.165) is 18.6 Å². The van der Waals surface area contributed by atoms with Gasteiger partial charge in [-0.2, -0.15) is 11.8 Å². The van der Waals surface area contributed by atoms with Gasteiger partial charge in [0.1, 0.15) is 11.8 Å². The van der Waals surface area contributed by atoms with Gasteiger partial charge in [-0.3, -0.25) is 4.79 Å². The average Bonchev–Trinajstić information content (AvgIpc) is 2.39. The lowest BCUT2D eigenvalue weighted by molar-refractivity contribution is -0.124. The molecule has 0 radical (unpaired) electrons. The van der Waals surface area contributed by atoms with Crippen LogP contribution in [0.1, 0.15) is 26.7 Å². The molecule has 2 atom stereocenters. The van der Waals surface area contributed by atoms with Crippen LogP contribution in [0.15, 0.2) is 0 Å². The SMILES string of the molecule is CCC1(C)NC(=O)C(CCSC)O1. The molecule has 0 aliphatic carbocycles. The Labute approximate surface area is 83.6 Å². The van der Waals surface area contributed by atoms with E-state index in [1.54, 1.807) is 11.8 Å². The van der Waals surface area contributed by atoms with Gasteiger partial charge in [0, 0.05) is 0 Å². The van der Waals surface area contributed by atoms with Gasteiger partial charge in [-0.1, -0.05) is 6.92 Å². The zero-order valence-corrected chi connectivity index (χ0v) is 9.24. The maximum atomic E-state index is 11.4. The molecule has 1 heterocycles. The minimum absolute atomic E-state index is 0.0402. The topological polar surface area (TPSA) is 38.3 Å². The Balaban J connectivity index is 2.46. The summed E-state index contributed by atoms with van der Waals surface area (Å²) in [7, 11) is 0. The first-order valence-corrected chi connectivity index (χ1v) is 5.99. The van der Waals surface area contributed by atoms with Crippen LogP contribution in [0.25, 0.3) is 0 Å². The Hall–Kier alpha value is -0.220. The lowest BCUT2D eigenvalue weighted by Crippen LogP contribution is -2.38. The van der Waals surface area contributed by atoms with Gasteiger partial charge in [-0.05, 0) is 31.8 Å². The van der Waals surface area contributed by atoms with Gasteiger partial charge < -0.3 is 10.1 Å². The van der Waals surface area contributed by atoms with Crippen molar-refractivity contribution in [1.82, 2.24) is 5.32 Å². The van der Waals surface area contributed by atoms with Crippen LogP contribution in [0.4, 0.5) is 0 Å². The highest BCUT2D eigenvalue weighted by Gasteiger charge is 2.39. The fraction of sp³-hybridized carbons (Fsp3) is 0.889. The van der Waals surface area contributed by atoms with Crippen molar-refractivity contribution >= 4 is 17.7 Å². The first-order valence-electron chi connectivity index (χ1n) is 4.60. The Kier molecular flexibility index (Phi) is 3.62. The highest BCUT2D eigenvalue weighted by molar-refractivity contribution is 7.98. The second kappa shape index (κ2) is 4.33. The number of hydrogen-bond acceptors (Lipinski definition) is 3. The maximum absolute atomic E-state index is 11.4. The lowest BCUT2D eigenvalue weighted by atomic mass is 10.2. The summed E-state index contributed by atoms with van der Waals surface area (Å²) in [6.07, 6.45) is 3.42. The van der Waals surface area contributed by atoms with E-state index in [2.05, 4.69) is 5.32 Å². The largest absolute Gasteiger partial charge is 0.343 e. The molecule has 1 aliphatic rings. The number of hydrogen-bond donors (Lipinski definition) is 1. The van der Waals surface area contributed by atoms with Crippen LogP contribution in [0.2, 0.25) is 0 Å². The third-order valence-electron chi connectivity index (χ3n) is 2.34. The predicted octanol–water partition coefficient (Wildman–Crippen LogP) is 1.38. The van der Waals surface area contributed by atoms with Crippen LogP contribution < -0.4 is 5.32 Å². The molecular weight excluding hydrogens is 186 g/mol. The third kappa shape index (κ3) is 2.61. The van der Waals surface area contributed by atoms with Crippen molar-refractivity contribution in [3.05, 3.63) is 0 Å². The Morgan fingerprint density at radius 3 is 2.85 bits per heavy atom. The van der Waals surface area contributed by atoms with Crippen molar-refractivity contribution in [3.63, 3.8) is 0 Å². The highest BCUT2D eigenvalue weighted by atomic mass is 32.2. The first-order chi connectivity index (χ1) is 6.11. The fourth-order valence-corrected chi connectivity index (χ4v) is 1.77. The Morgan fingerprint density at radius 1 is 1.69 bits per heavy atom. The summed E-state index contributed by atoms with van der Waals surface area (Å²) in [5.74, 6) is 1.01. The number of nitrogens with one attached hydrogen (secondary N) is 1. The highest BCUT2D eigenvalue weighted by Crippen LogP contribution is 2.23. The smallest absolute Gasteiger partial charge is 0.251 e. The van der Waals surface area contributed by atoms with Gasteiger partial charge in [-0.25, -0.2) is 0 Å². The van der Waals surface area contributed by atoms with E-state index in [0.29, 0.717) is 0 Å². The van der Waals surface area contributed by atoms with Gasteiger partial charge in [0.05, 0.1) is 0 Å². The second-order valence-electron chi connectivity index (χ2n) is 3.46. The van der Waals surface area contributed by atoms with Crippen molar-refractivity contribution in [3.8, 4) is 0 Å². The fourth-order valence-electron chi connectivity index (χ4n) is 1.32. The summed E-state index contributed by atoms with van der Waals surface area (Å²) in [4.78, 5) is 11.4.